The fourth-order valence-corrected chi connectivity index (χ4v) is 3.40. The lowest BCUT2D eigenvalue weighted by Crippen LogP contribution is -2.34. The predicted octanol–water partition coefficient (Wildman–Crippen LogP) is 4.43. The van der Waals surface area contributed by atoms with Gasteiger partial charge in [-0.25, -0.2) is 0 Å². The van der Waals surface area contributed by atoms with Crippen LogP contribution in [0.4, 0.5) is 0 Å². The minimum atomic E-state index is -0.607. The highest BCUT2D eigenvalue weighted by molar-refractivity contribution is 14.1. The number of hydrogen-bond acceptors (Lipinski definition) is 3. The highest BCUT2D eigenvalue weighted by atomic mass is 127. The van der Waals surface area contributed by atoms with E-state index >= 15 is 0 Å². The Morgan fingerprint density at radius 1 is 1.41 bits per heavy atom. The zero-order valence-electron chi connectivity index (χ0n) is 13.1. The highest BCUT2D eigenvalue weighted by Crippen LogP contribution is 2.32. The Bertz CT molecular complexity index is 481. The molecule has 0 saturated carbocycles. The first-order chi connectivity index (χ1) is 10.4. The first-order valence-electron chi connectivity index (χ1n) is 7.52. The van der Waals surface area contributed by atoms with E-state index < -0.39 is 5.41 Å². The van der Waals surface area contributed by atoms with Crippen LogP contribution in [0.1, 0.15) is 44.6 Å². The Morgan fingerprint density at radius 2 is 2.14 bits per heavy atom. The van der Waals surface area contributed by atoms with Crippen LogP contribution < -0.4 is 0 Å². The second-order valence-electron chi connectivity index (χ2n) is 5.74. The molecule has 0 spiro atoms. The Kier molecular flexibility index (Phi) is 8.94. The first-order valence-corrected chi connectivity index (χ1v) is 9.72. The molecule has 2 atom stereocenters. The van der Waals surface area contributed by atoms with Gasteiger partial charge < -0.3 is 9.84 Å². The van der Waals surface area contributed by atoms with E-state index in [1.54, 1.807) is 0 Å². The number of carbonyl (C=O) groups is 1. The summed E-state index contributed by atoms with van der Waals surface area (Å²) < 4.78 is 6.15. The molecule has 0 aliphatic carbocycles. The van der Waals surface area contributed by atoms with Crippen LogP contribution in [0.25, 0.3) is 0 Å². The quantitative estimate of drug-likeness (QED) is 0.245. The number of carbonyl (C=O) groups excluding carboxylic acids is 1. The SMILES string of the molecule is COC(=O)C(C)(CCCCCC(O)CBr)c1cccc(I)c1. The molecule has 0 aromatic heterocycles. The molecular formula is C17H24BrIO3. The topological polar surface area (TPSA) is 46.5 Å². The Balaban J connectivity index is 2.67. The van der Waals surface area contributed by atoms with Gasteiger partial charge in [0.2, 0.25) is 0 Å². The maximum atomic E-state index is 12.3. The third kappa shape index (κ3) is 5.81. The second kappa shape index (κ2) is 9.88. The number of esters is 1. The minimum absolute atomic E-state index is 0.185. The Labute approximate surface area is 155 Å². The number of methoxy groups -OCH3 is 1. The van der Waals surface area contributed by atoms with Crippen LogP contribution in [0.3, 0.4) is 0 Å². The van der Waals surface area contributed by atoms with Gasteiger partial charge in [0.05, 0.1) is 18.6 Å². The van der Waals surface area contributed by atoms with Crippen molar-refractivity contribution in [3.63, 3.8) is 0 Å². The summed E-state index contributed by atoms with van der Waals surface area (Å²) in [5.41, 5.74) is 0.399. The van der Waals surface area contributed by atoms with Gasteiger partial charge >= 0.3 is 5.97 Å². The average Bonchev–Trinajstić information content (AvgIpc) is 2.53. The molecule has 0 aliphatic rings. The van der Waals surface area contributed by atoms with Crippen LogP contribution in [-0.4, -0.2) is 29.6 Å². The summed E-state index contributed by atoms with van der Waals surface area (Å²) in [5.74, 6) is -0.185. The molecule has 0 amide bonds. The summed E-state index contributed by atoms with van der Waals surface area (Å²) in [7, 11) is 1.45. The van der Waals surface area contributed by atoms with Gasteiger partial charge in [0.25, 0.3) is 0 Å². The number of aliphatic hydroxyl groups is 1. The molecule has 5 heteroatoms. The summed E-state index contributed by atoms with van der Waals surface area (Å²) in [4.78, 5) is 12.3. The molecule has 0 heterocycles. The number of ether oxygens (including phenoxy) is 1. The number of aliphatic hydroxyl groups excluding tert-OH is 1. The maximum Gasteiger partial charge on any atom is 0.315 e. The van der Waals surface area contributed by atoms with E-state index in [-0.39, 0.29) is 12.1 Å². The molecule has 0 aliphatic heterocycles. The zero-order chi connectivity index (χ0) is 16.6. The largest absolute Gasteiger partial charge is 0.468 e. The standard InChI is InChI=1S/C17H24BrIO3/c1-17(16(21)22-2,13-7-6-8-14(19)11-13)10-5-3-4-9-15(20)12-18/h6-8,11,15,20H,3-5,9-10,12H2,1-2H3. The van der Waals surface area contributed by atoms with Crippen molar-refractivity contribution in [3.8, 4) is 0 Å². The molecule has 22 heavy (non-hydrogen) atoms. The van der Waals surface area contributed by atoms with Crippen molar-refractivity contribution in [3.05, 3.63) is 33.4 Å². The first kappa shape index (κ1) is 19.9. The number of rotatable bonds is 9. The molecule has 1 rings (SSSR count). The Hall–Kier alpha value is -0.140. The van der Waals surface area contributed by atoms with Crippen molar-refractivity contribution in [1.82, 2.24) is 0 Å². The van der Waals surface area contributed by atoms with Crippen molar-refractivity contribution < 1.29 is 14.6 Å². The second-order valence-corrected chi connectivity index (χ2v) is 7.63. The number of unbranched alkanes of at least 4 members (excludes halogenated alkanes) is 2. The number of benzene rings is 1. The monoisotopic (exact) mass is 482 g/mol. The lowest BCUT2D eigenvalue weighted by atomic mass is 9.78. The van der Waals surface area contributed by atoms with Gasteiger partial charge in [-0.2, -0.15) is 0 Å². The zero-order valence-corrected chi connectivity index (χ0v) is 16.9. The lowest BCUT2D eigenvalue weighted by Gasteiger charge is -2.27. The van der Waals surface area contributed by atoms with Gasteiger partial charge in [-0.05, 0) is 60.1 Å². The van der Waals surface area contributed by atoms with Crippen LogP contribution in [0.15, 0.2) is 24.3 Å². The maximum absolute atomic E-state index is 12.3. The number of halogens is 2. The molecule has 0 saturated heterocycles. The summed E-state index contributed by atoms with van der Waals surface area (Å²) >= 11 is 5.53. The molecule has 0 radical (unpaired) electrons. The summed E-state index contributed by atoms with van der Waals surface area (Å²) in [6.45, 7) is 1.96. The molecule has 1 aromatic rings. The fourth-order valence-electron chi connectivity index (χ4n) is 2.53. The van der Waals surface area contributed by atoms with Crippen molar-refractivity contribution in [2.75, 3.05) is 12.4 Å². The van der Waals surface area contributed by atoms with Gasteiger partial charge in [-0.1, -0.05) is 47.3 Å². The van der Waals surface area contributed by atoms with Crippen molar-refractivity contribution in [2.24, 2.45) is 0 Å². The predicted molar refractivity (Wildman–Crippen MR) is 101 cm³/mol. The van der Waals surface area contributed by atoms with E-state index in [0.717, 1.165) is 41.2 Å². The van der Waals surface area contributed by atoms with E-state index in [4.69, 9.17) is 4.74 Å². The molecule has 124 valence electrons. The number of hydrogen-bond donors (Lipinski definition) is 1. The van der Waals surface area contributed by atoms with Crippen LogP contribution in [0, 0.1) is 3.57 Å². The fraction of sp³-hybridized carbons (Fsp3) is 0.588. The third-order valence-corrected chi connectivity index (χ3v) is 5.41. The molecule has 0 bridgehead atoms. The van der Waals surface area contributed by atoms with Gasteiger partial charge in [0.1, 0.15) is 0 Å². The van der Waals surface area contributed by atoms with E-state index in [2.05, 4.69) is 38.5 Å². The molecule has 2 unspecified atom stereocenters. The molecule has 1 N–H and O–H groups in total. The summed E-state index contributed by atoms with van der Waals surface area (Å²) in [5, 5.41) is 10.2. The molecule has 3 nitrogen and oxygen atoms in total. The normalized spacial score (nSPS) is 15.1. The average molecular weight is 483 g/mol. The van der Waals surface area contributed by atoms with Gasteiger partial charge in [0.15, 0.2) is 0 Å². The molecule has 0 fully saturated rings. The van der Waals surface area contributed by atoms with Gasteiger partial charge in [-0.3, -0.25) is 4.79 Å². The van der Waals surface area contributed by atoms with Crippen LogP contribution >= 0.6 is 38.5 Å². The van der Waals surface area contributed by atoms with Crippen LogP contribution in [0.5, 0.6) is 0 Å². The van der Waals surface area contributed by atoms with E-state index in [1.165, 1.54) is 7.11 Å². The van der Waals surface area contributed by atoms with E-state index in [0.29, 0.717) is 5.33 Å². The minimum Gasteiger partial charge on any atom is -0.468 e. The third-order valence-electron chi connectivity index (χ3n) is 3.99. The summed E-state index contributed by atoms with van der Waals surface area (Å²) in [6.07, 6.45) is 4.18. The van der Waals surface area contributed by atoms with Crippen molar-refractivity contribution in [2.45, 2.75) is 50.5 Å². The van der Waals surface area contributed by atoms with Crippen LogP contribution in [0.2, 0.25) is 0 Å². The molecular weight excluding hydrogens is 459 g/mol. The molecule has 1 aromatic carbocycles. The lowest BCUT2D eigenvalue weighted by molar-refractivity contribution is -0.147. The number of alkyl halides is 1. The van der Waals surface area contributed by atoms with E-state index in [9.17, 15) is 9.90 Å². The van der Waals surface area contributed by atoms with E-state index in [1.807, 2.05) is 31.2 Å². The summed E-state index contributed by atoms with van der Waals surface area (Å²) in [6, 6.07) is 8.04. The van der Waals surface area contributed by atoms with Crippen molar-refractivity contribution >= 4 is 44.5 Å². The van der Waals surface area contributed by atoms with Gasteiger partial charge in [0, 0.05) is 8.90 Å². The van der Waals surface area contributed by atoms with Gasteiger partial charge in [-0.15, -0.1) is 0 Å². The highest BCUT2D eigenvalue weighted by Gasteiger charge is 2.35. The van der Waals surface area contributed by atoms with Crippen molar-refractivity contribution in [1.29, 1.82) is 0 Å². The smallest absolute Gasteiger partial charge is 0.315 e. The Morgan fingerprint density at radius 3 is 2.73 bits per heavy atom. The van der Waals surface area contributed by atoms with Crippen LogP contribution in [-0.2, 0) is 14.9 Å².